The number of hydrogen-bond acceptors (Lipinski definition) is 6. The molecule has 2 aromatic rings. The van der Waals surface area contributed by atoms with Gasteiger partial charge in [-0.25, -0.2) is 4.98 Å². The summed E-state index contributed by atoms with van der Waals surface area (Å²) >= 11 is 0. The third-order valence-electron chi connectivity index (χ3n) is 6.21. The van der Waals surface area contributed by atoms with Crippen LogP contribution >= 0.6 is 0 Å². The third kappa shape index (κ3) is 4.62. The second-order valence-corrected chi connectivity index (χ2v) is 8.14. The normalized spacial score (nSPS) is 25.8. The molecule has 1 unspecified atom stereocenters. The molecule has 27 heavy (non-hydrogen) atoms. The highest BCUT2D eigenvalue weighted by atomic mass is 16.3. The molecule has 2 aliphatic rings. The molecule has 2 fully saturated rings. The summed E-state index contributed by atoms with van der Waals surface area (Å²) in [6, 6.07) is 4.45. The van der Waals surface area contributed by atoms with Crippen molar-refractivity contribution in [2.24, 2.45) is 5.92 Å². The summed E-state index contributed by atoms with van der Waals surface area (Å²) in [5.74, 6) is 1.90. The van der Waals surface area contributed by atoms with Crippen LogP contribution in [0.1, 0.15) is 39.0 Å². The summed E-state index contributed by atoms with van der Waals surface area (Å²) in [5, 5.41) is 13.8. The number of fused-ring (bicyclic) bond motifs is 1. The van der Waals surface area contributed by atoms with Gasteiger partial charge in [0.2, 0.25) is 0 Å². The predicted molar refractivity (Wildman–Crippen MR) is 108 cm³/mol. The Labute approximate surface area is 161 Å². The number of piperazine rings is 1. The Kier molecular flexibility index (Phi) is 5.95. The molecule has 1 saturated carbocycles. The van der Waals surface area contributed by atoms with Gasteiger partial charge in [-0.05, 0) is 63.6 Å². The number of aliphatic hydroxyl groups is 1. The van der Waals surface area contributed by atoms with Crippen LogP contribution in [0.3, 0.4) is 0 Å². The molecule has 4 rings (SSSR count). The summed E-state index contributed by atoms with van der Waals surface area (Å²) in [7, 11) is 0. The first-order valence-corrected chi connectivity index (χ1v) is 10.4. The SMILES string of the molecule is CC(O)NC1CCC(CCN2CCN(c3nccc4occc34)CC2)CC1. The predicted octanol–water partition coefficient (Wildman–Crippen LogP) is 2.83. The minimum Gasteiger partial charge on any atom is -0.464 e. The standard InChI is InChI=1S/C21H32N4O2/c1-16(26)23-18-4-2-17(3-5-18)7-10-24-11-13-25(14-12-24)21-19-8-15-27-20(19)6-9-22-21/h6,8-9,15-18,23,26H,2-5,7,10-14H2,1H3. The topological polar surface area (TPSA) is 64.8 Å². The van der Waals surface area contributed by atoms with Gasteiger partial charge in [-0.2, -0.15) is 0 Å². The average molecular weight is 373 g/mol. The van der Waals surface area contributed by atoms with Crippen LogP contribution in [0.15, 0.2) is 29.0 Å². The monoisotopic (exact) mass is 372 g/mol. The van der Waals surface area contributed by atoms with Crippen molar-refractivity contribution in [3.63, 3.8) is 0 Å². The number of nitrogens with zero attached hydrogens (tertiary/aromatic N) is 3. The van der Waals surface area contributed by atoms with Gasteiger partial charge in [0.15, 0.2) is 0 Å². The summed E-state index contributed by atoms with van der Waals surface area (Å²) < 4.78 is 5.51. The quantitative estimate of drug-likeness (QED) is 0.760. The molecule has 148 valence electrons. The minimum absolute atomic E-state index is 0.384. The fourth-order valence-corrected chi connectivity index (χ4v) is 4.64. The molecule has 6 heteroatoms. The van der Waals surface area contributed by atoms with E-state index in [2.05, 4.69) is 20.1 Å². The Morgan fingerprint density at radius 1 is 1.19 bits per heavy atom. The van der Waals surface area contributed by atoms with Gasteiger partial charge in [0.05, 0.1) is 11.6 Å². The van der Waals surface area contributed by atoms with Gasteiger partial charge in [-0.15, -0.1) is 0 Å². The van der Waals surface area contributed by atoms with E-state index < -0.39 is 0 Å². The highest BCUT2D eigenvalue weighted by Gasteiger charge is 2.24. The number of aliphatic hydroxyl groups excluding tert-OH is 1. The second kappa shape index (κ2) is 8.59. The van der Waals surface area contributed by atoms with Gasteiger partial charge in [0, 0.05) is 38.4 Å². The fraction of sp³-hybridized carbons (Fsp3) is 0.667. The third-order valence-corrected chi connectivity index (χ3v) is 6.21. The van der Waals surface area contributed by atoms with Crippen molar-refractivity contribution in [2.45, 2.75) is 51.3 Å². The van der Waals surface area contributed by atoms with Crippen molar-refractivity contribution in [2.75, 3.05) is 37.6 Å². The van der Waals surface area contributed by atoms with Gasteiger partial charge >= 0.3 is 0 Å². The average Bonchev–Trinajstić information content (AvgIpc) is 3.16. The van der Waals surface area contributed by atoms with E-state index in [1.165, 1.54) is 38.6 Å². The molecular weight excluding hydrogens is 340 g/mol. The van der Waals surface area contributed by atoms with Crippen molar-refractivity contribution in [1.82, 2.24) is 15.2 Å². The van der Waals surface area contributed by atoms with Gasteiger partial charge in [-0.3, -0.25) is 10.2 Å². The van der Waals surface area contributed by atoms with Crippen molar-refractivity contribution < 1.29 is 9.52 Å². The Morgan fingerprint density at radius 3 is 2.70 bits per heavy atom. The molecule has 2 aromatic heterocycles. The molecule has 0 spiro atoms. The van der Waals surface area contributed by atoms with Crippen LogP contribution in [-0.4, -0.2) is 60.0 Å². The van der Waals surface area contributed by atoms with Crippen molar-refractivity contribution in [3.05, 3.63) is 24.6 Å². The molecule has 1 aliphatic heterocycles. The molecular formula is C21H32N4O2. The van der Waals surface area contributed by atoms with Crippen LogP contribution in [0, 0.1) is 5.92 Å². The summed E-state index contributed by atoms with van der Waals surface area (Å²) in [6.45, 7) is 7.29. The Balaban J connectivity index is 1.21. The zero-order chi connectivity index (χ0) is 18.6. The lowest BCUT2D eigenvalue weighted by molar-refractivity contribution is 0.121. The highest BCUT2D eigenvalue weighted by Crippen LogP contribution is 2.28. The van der Waals surface area contributed by atoms with E-state index in [0.717, 1.165) is 48.9 Å². The first-order chi connectivity index (χ1) is 13.2. The van der Waals surface area contributed by atoms with Crippen LogP contribution in [-0.2, 0) is 0 Å². The Hall–Kier alpha value is -1.63. The molecule has 1 saturated heterocycles. The summed E-state index contributed by atoms with van der Waals surface area (Å²) in [4.78, 5) is 9.59. The van der Waals surface area contributed by atoms with Crippen molar-refractivity contribution in [3.8, 4) is 0 Å². The van der Waals surface area contributed by atoms with E-state index in [9.17, 15) is 5.11 Å². The summed E-state index contributed by atoms with van der Waals surface area (Å²) in [6.07, 6.45) is 9.48. The van der Waals surface area contributed by atoms with E-state index in [4.69, 9.17) is 4.42 Å². The van der Waals surface area contributed by atoms with E-state index >= 15 is 0 Å². The molecule has 0 bridgehead atoms. The number of hydrogen-bond donors (Lipinski definition) is 2. The van der Waals surface area contributed by atoms with Gasteiger partial charge in [-0.1, -0.05) is 0 Å². The largest absolute Gasteiger partial charge is 0.464 e. The highest BCUT2D eigenvalue weighted by molar-refractivity contribution is 5.88. The second-order valence-electron chi connectivity index (χ2n) is 8.14. The maximum absolute atomic E-state index is 9.46. The smallest absolute Gasteiger partial charge is 0.139 e. The Bertz CT molecular complexity index is 716. The van der Waals surface area contributed by atoms with Crippen LogP contribution < -0.4 is 10.2 Å². The fourth-order valence-electron chi connectivity index (χ4n) is 4.64. The first kappa shape index (κ1) is 18.7. The molecule has 0 aromatic carbocycles. The van der Waals surface area contributed by atoms with Crippen LogP contribution in [0.4, 0.5) is 5.82 Å². The van der Waals surface area contributed by atoms with E-state index in [0.29, 0.717) is 6.04 Å². The molecule has 2 N–H and O–H groups in total. The van der Waals surface area contributed by atoms with Crippen molar-refractivity contribution in [1.29, 1.82) is 0 Å². The Morgan fingerprint density at radius 2 is 1.96 bits per heavy atom. The zero-order valence-corrected chi connectivity index (χ0v) is 16.3. The van der Waals surface area contributed by atoms with E-state index in [1.54, 1.807) is 6.26 Å². The number of furan rings is 1. The van der Waals surface area contributed by atoms with Gasteiger partial charge < -0.3 is 14.4 Å². The number of rotatable bonds is 6. The molecule has 1 atom stereocenters. The maximum Gasteiger partial charge on any atom is 0.139 e. The van der Waals surface area contributed by atoms with E-state index in [-0.39, 0.29) is 6.23 Å². The minimum atomic E-state index is -0.384. The lowest BCUT2D eigenvalue weighted by Crippen LogP contribution is -2.47. The zero-order valence-electron chi connectivity index (χ0n) is 16.3. The molecule has 3 heterocycles. The molecule has 0 amide bonds. The lowest BCUT2D eigenvalue weighted by atomic mass is 9.84. The van der Waals surface area contributed by atoms with Crippen LogP contribution in [0.25, 0.3) is 11.0 Å². The molecule has 0 radical (unpaired) electrons. The van der Waals surface area contributed by atoms with Crippen molar-refractivity contribution >= 4 is 16.8 Å². The van der Waals surface area contributed by atoms with Crippen LogP contribution in [0.2, 0.25) is 0 Å². The number of aromatic nitrogens is 1. The number of anilines is 1. The van der Waals surface area contributed by atoms with E-state index in [1.807, 2.05) is 25.3 Å². The number of pyridine rings is 1. The maximum atomic E-state index is 9.46. The molecule has 1 aliphatic carbocycles. The van der Waals surface area contributed by atoms with Gasteiger partial charge in [0.1, 0.15) is 17.6 Å². The first-order valence-electron chi connectivity index (χ1n) is 10.4. The molecule has 6 nitrogen and oxygen atoms in total. The van der Waals surface area contributed by atoms with Gasteiger partial charge in [0.25, 0.3) is 0 Å². The number of nitrogens with one attached hydrogen (secondary N) is 1. The van der Waals surface area contributed by atoms with Crippen LogP contribution in [0.5, 0.6) is 0 Å². The summed E-state index contributed by atoms with van der Waals surface area (Å²) in [5.41, 5.74) is 0.920. The lowest BCUT2D eigenvalue weighted by Gasteiger charge is -2.37.